The Morgan fingerprint density at radius 3 is 2.32 bits per heavy atom. The first kappa shape index (κ1) is 15.7. The van der Waals surface area contributed by atoms with Crippen molar-refractivity contribution in [3.63, 3.8) is 0 Å². The second kappa shape index (κ2) is 6.74. The summed E-state index contributed by atoms with van der Waals surface area (Å²) in [7, 11) is 3.28. The van der Waals surface area contributed by atoms with Crippen LogP contribution in [-0.2, 0) is 6.54 Å². The first-order valence-electron chi connectivity index (χ1n) is 5.99. The smallest absolute Gasteiger partial charge is 0.161 e. The zero-order valence-corrected chi connectivity index (χ0v) is 13.0. The third-order valence-electron chi connectivity index (χ3n) is 2.87. The van der Waals surface area contributed by atoms with Crippen LogP contribution in [0.15, 0.2) is 17.0 Å². The largest absolute Gasteiger partial charge is 0.493 e. The van der Waals surface area contributed by atoms with Crippen molar-refractivity contribution in [1.82, 2.24) is 5.32 Å². The van der Waals surface area contributed by atoms with Crippen molar-refractivity contribution >= 4 is 11.8 Å². The van der Waals surface area contributed by atoms with Crippen molar-refractivity contribution in [2.45, 2.75) is 30.8 Å². The summed E-state index contributed by atoms with van der Waals surface area (Å²) < 4.78 is 10.6. The quantitative estimate of drug-likeness (QED) is 0.640. The van der Waals surface area contributed by atoms with Gasteiger partial charge in [-0.3, -0.25) is 5.32 Å². The Labute approximate surface area is 120 Å². The van der Waals surface area contributed by atoms with Crippen LogP contribution in [0, 0.1) is 12.3 Å². The first-order valence-corrected chi connectivity index (χ1v) is 7.21. The molecule has 3 nitrogen and oxygen atoms in total. The van der Waals surface area contributed by atoms with Crippen molar-refractivity contribution in [3.05, 3.63) is 17.7 Å². The van der Waals surface area contributed by atoms with E-state index < -0.39 is 0 Å². The van der Waals surface area contributed by atoms with Gasteiger partial charge in [-0.1, -0.05) is 5.92 Å². The number of thioether (sulfide) groups is 1. The maximum Gasteiger partial charge on any atom is 0.161 e. The Morgan fingerprint density at radius 1 is 1.26 bits per heavy atom. The van der Waals surface area contributed by atoms with Crippen molar-refractivity contribution in [2.75, 3.05) is 20.5 Å². The Morgan fingerprint density at radius 2 is 1.84 bits per heavy atom. The number of methoxy groups -OCH3 is 2. The van der Waals surface area contributed by atoms with Gasteiger partial charge in [-0.25, -0.2) is 0 Å². The summed E-state index contributed by atoms with van der Waals surface area (Å²) in [5, 5.41) is 3.34. The van der Waals surface area contributed by atoms with Crippen LogP contribution in [0.2, 0.25) is 0 Å². The van der Waals surface area contributed by atoms with E-state index in [1.807, 2.05) is 32.2 Å². The maximum atomic E-state index is 5.48. The second-order valence-electron chi connectivity index (χ2n) is 4.64. The van der Waals surface area contributed by atoms with E-state index in [-0.39, 0.29) is 5.54 Å². The van der Waals surface area contributed by atoms with E-state index in [4.69, 9.17) is 15.9 Å². The molecule has 104 valence electrons. The standard InChI is InChI=1S/C15H21NO2S/c1-7-15(2,3)16-10-11-8-12(17-4)13(18-5)9-14(11)19-6/h1,8-9,16H,10H2,2-6H3. The fourth-order valence-electron chi connectivity index (χ4n) is 1.60. The number of hydrogen-bond acceptors (Lipinski definition) is 4. The van der Waals surface area contributed by atoms with Crippen molar-refractivity contribution in [1.29, 1.82) is 0 Å². The van der Waals surface area contributed by atoms with Crippen molar-refractivity contribution in [2.24, 2.45) is 0 Å². The van der Waals surface area contributed by atoms with E-state index in [2.05, 4.69) is 11.2 Å². The summed E-state index contributed by atoms with van der Waals surface area (Å²) in [5.41, 5.74) is 0.816. The molecule has 0 unspecified atom stereocenters. The summed E-state index contributed by atoms with van der Waals surface area (Å²) >= 11 is 1.68. The van der Waals surface area contributed by atoms with Gasteiger partial charge in [0.15, 0.2) is 11.5 Å². The van der Waals surface area contributed by atoms with Gasteiger partial charge in [-0.05, 0) is 37.8 Å². The van der Waals surface area contributed by atoms with Gasteiger partial charge in [0.25, 0.3) is 0 Å². The first-order chi connectivity index (χ1) is 8.97. The third kappa shape index (κ3) is 4.09. The minimum absolute atomic E-state index is 0.331. The summed E-state index contributed by atoms with van der Waals surface area (Å²) in [6.45, 7) is 4.65. The maximum absolute atomic E-state index is 5.48. The molecule has 1 N–H and O–H groups in total. The number of nitrogens with one attached hydrogen (secondary N) is 1. The zero-order chi connectivity index (χ0) is 14.5. The molecule has 4 heteroatoms. The van der Waals surface area contributed by atoms with Crippen LogP contribution in [0.1, 0.15) is 19.4 Å². The summed E-state index contributed by atoms with van der Waals surface area (Å²) in [5.74, 6) is 4.20. The van der Waals surface area contributed by atoms with Gasteiger partial charge in [0, 0.05) is 11.4 Å². The molecule has 0 heterocycles. The lowest BCUT2D eigenvalue weighted by Gasteiger charge is -2.21. The highest BCUT2D eigenvalue weighted by Gasteiger charge is 2.15. The highest BCUT2D eigenvalue weighted by atomic mass is 32.2. The molecule has 1 rings (SSSR count). The normalized spacial score (nSPS) is 10.9. The molecule has 0 aromatic heterocycles. The molecule has 1 aromatic carbocycles. The van der Waals surface area contributed by atoms with Crippen molar-refractivity contribution < 1.29 is 9.47 Å². The lowest BCUT2D eigenvalue weighted by molar-refractivity contribution is 0.353. The number of terminal acetylenes is 1. The average Bonchev–Trinajstić information content (AvgIpc) is 2.44. The molecule has 0 aliphatic carbocycles. The third-order valence-corrected chi connectivity index (χ3v) is 3.69. The summed E-state index contributed by atoms with van der Waals surface area (Å²) in [4.78, 5) is 1.15. The van der Waals surface area contributed by atoms with Crippen LogP contribution in [0.4, 0.5) is 0 Å². The van der Waals surface area contributed by atoms with Gasteiger partial charge in [-0.2, -0.15) is 0 Å². The predicted octanol–water partition coefficient (Wildman–Crippen LogP) is 2.93. The van der Waals surface area contributed by atoms with Crippen LogP contribution < -0.4 is 14.8 Å². The molecule has 0 saturated heterocycles. The SMILES string of the molecule is C#CC(C)(C)NCc1cc(OC)c(OC)cc1SC. The predicted molar refractivity (Wildman–Crippen MR) is 81.1 cm³/mol. The molecule has 0 radical (unpaired) electrons. The molecule has 1 aromatic rings. The highest BCUT2D eigenvalue weighted by molar-refractivity contribution is 7.98. The Hall–Kier alpha value is -1.31. The second-order valence-corrected chi connectivity index (χ2v) is 5.49. The Bertz CT molecular complexity index is 478. The highest BCUT2D eigenvalue weighted by Crippen LogP contribution is 2.34. The monoisotopic (exact) mass is 279 g/mol. The number of ether oxygens (including phenoxy) is 2. The van der Waals surface area contributed by atoms with Crippen LogP contribution >= 0.6 is 11.8 Å². The molecule has 19 heavy (non-hydrogen) atoms. The van der Waals surface area contributed by atoms with E-state index in [1.165, 1.54) is 0 Å². The average molecular weight is 279 g/mol. The summed E-state index contributed by atoms with van der Waals surface area (Å²) in [6.07, 6.45) is 7.52. The Balaban J connectivity index is 3.03. The summed E-state index contributed by atoms with van der Waals surface area (Å²) in [6, 6.07) is 3.98. The molecule has 0 amide bonds. The lowest BCUT2D eigenvalue weighted by atomic mass is 10.1. The van der Waals surface area contributed by atoms with Crippen molar-refractivity contribution in [3.8, 4) is 23.8 Å². The molecule has 0 fully saturated rings. The van der Waals surface area contributed by atoms with Gasteiger partial charge in [0.2, 0.25) is 0 Å². The van der Waals surface area contributed by atoms with Crippen LogP contribution in [0.5, 0.6) is 11.5 Å². The minimum atomic E-state index is -0.331. The molecule has 0 aliphatic rings. The van der Waals surface area contributed by atoms with Crippen LogP contribution in [0.3, 0.4) is 0 Å². The van der Waals surface area contributed by atoms with E-state index >= 15 is 0 Å². The van der Waals surface area contributed by atoms with E-state index in [0.29, 0.717) is 6.54 Å². The number of rotatable bonds is 6. The van der Waals surface area contributed by atoms with Gasteiger partial charge < -0.3 is 9.47 Å². The van der Waals surface area contributed by atoms with E-state index in [9.17, 15) is 0 Å². The van der Waals surface area contributed by atoms with E-state index in [0.717, 1.165) is 22.0 Å². The molecular formula is C15H21NO2S. The van der Waals surface area contributed by atoms with Gasteiger partial charge in [-0.15, -0.1) is 18.2 Å². The van der Waals surface area contributed by atoms with E-state index in [1.54, 1.807) is 26.0 Å². The Kier molecular flexibility index (Phi) is 5.59. The molecule has 0 aliphatic heterocycles. The minimum Gasteiger partial charge on any atom is -0.493 e. The van der Waals surface area contributed by atoms with Crippen LogP contribution in [-0.4, -0.2) is 26.0 Å². The topological polar surface area (TPSA) is 30.5 Å². The fourth-order valence-corrected chi connectivity index (χ4v) is 2.22. The molecule has 0 bridgehead atoms. The molecular weight excluding hydrogens is 258 g/mol. The molecule has 0 atom stereocenters. The number of benzene rings is 1. The lowest BCUT2D eigenvalue weighted by Crippen LogP contribution is -2.37. The zero-order valence-electron chi connectivity index (χ0n) is 12.2. The van der Waals surface area contributed by atoms with Gasteiger partial charge in [0.05, 0.1) is 19.8 Å². The van der Waals surface area contributed by atoms with Gasteiger partial charge in [0.1, 0.15) is 0 Å². The van der Waals surface area contributed by atoms with Crippen LogP contribution in [0.25, 0.3) is 0 Å². The van der Waals surface area contributed by atoms with Gasteiger partial charge >= 0.3 is 0 Å². The fraction of sp³-hybridized carbons (Fsp3) is 0.467. The molecule has 0 spiro atoms. The number of hydrogen-bond donors (Lipinski definition) is 1. The molecule has 0 saturated carbocycles.